The molecule has 0 atom stereocenters. The summed E-state index contributed by atoms with van der Waals surface area (Å²) in [5, 5.41) is 10.6. The molecule has 0 aliphatic carbocycles. The van der Waals surface area contributed by atoms with Crippen LogP contribution in [0.15, 0.2) is 24.3 Å². The molecule has 1 aromatic rings. The number of nitrogens with zero attached hydrogens (tertiary/aromatic N) is 2. The maximum absolute atomic E-state index is 12.2. The summed E-state index contributed by atoms with van der Waals surface area (Å²) in [4.78, 5) is 13.9. The van der Waals surface area contributed by atoms with E-state index in [2.05, 4.69) is 22.0 Å². The van der Waals surface area contributed by atoms with Crippen LogP contribution in [0.4, 0.5) is 4.79 Å². The normalized spacial score (nSPS) is 17.4. The highest BCUT2D eigenvalue weighted by atomic mass is 79.9. The van der Waals surface area contributed by atoms with Gasteiger partial charge in [0.2, 0.25) is 0 Å². The predicted molar refractivity (Wildman–Crippen MR) is 93.4 cm³/mol. The van der Waals surface area contributed by atoms with Gasteiger partial charge in [-0.15, -0.1) is 0 Å². The third-order valence-electron chi connectivity index (χ3n) is 4.16. The number of alkyl halides is 1. The molecule has 23 heavy (non-hydrogen) atoms. The zero-order chi connectivity index (χ0) is 17.1. The smallest absolute Gasteiger partial charge is 0.410 e. The van der Waals surface area contributed by atoms with Crippen molar-refractivity contribution >= 4 is 22.0 Å². The molecule has 124 valence electrons. The molecule has 4 nitrogen and oxygen atoms in total. The van der Waals surface area contributed by atoms with Gasteiger partial charge < -0.3 is 9.64 Å². The maximum Gasteiger partial charge on any atom is 0.410 e. The molecule has 1 aromatic carbocycles. The minimum atomic E-state index is -0.525. The number of carbonyl (C=O) groups excluding carboxylic acids is 1. The summed E-state index contributed by atoms with van der Waals surface area (Å²) in [7, 11) is 0. The maximum atomic E-state index is 12.2. The van der Waals surface area contributed by atoms with Crippen LogP contribution >= 0.6 is 15.9 Å². The van der Waals surface area contributed by atoms with Gasteiger partial charge in [0.1, 0.15) is 5.60 Å². The summed E-state index contributed by atoms with van der Waals surface area (Å²) < 4.78 is 5.43. The van der Waals surface area contributed by atoms with E-state index >= 15 is 0 Å². The van der Waals surface area contributed by atoms with Crippen molar-refractivity contribution in [2.45, 2.75) is 50.0 Å². The second-order valence-corrected chi connectivity index (χ2v) is 7.51. The lowest BCUT2D eigenvalue weighted by molar-refractivity contribution is 0.0185. The molecule has 1 heterocycles. The molecule has 0 N–H and O–H groups in total. The number of amides is 1. The SMILES string of the molecule is CC(C)(C)OC(=O)N1CCC(C#N)(c2ccccc2CBr)CC1. The molecular formula is C18H23BrN2O2. The Morgan fingerprint density at radius 3 is 2.48 bits per heavy atom. The second kappa shape index (κ2) is 6.92. The van der Waals surface area contributed by atoms with Gasteiger partial charge in [0.25, 0.3) is 0 Å². The molecule has 0 radical (unpaired) electrons. The van der Waals surface area contributed by atoms with E-state index in [-0.39, 0.29) is 6.09 Å². The standard InChI is InChI=1S/C18H23BrN2O2/c1-17(2,3)23-16(22)21-10-8-18(13-20,9-11-21)15-7-5-4-6-14(15)12-19/h4-7H,8-12H2,1-3H3. The first-order valence-corrected chi connectivity index (χ1v) is 8.97. The minimum Gasteiger partial charge on any atom is -0.444 e. The van der Waals surface area contributed by atoms with Crippen LogP contribution in [0.2, 0.25) is 0 Å². The van der Waals surface area contributed by atoms with Crippen LogP contribution in [-0.4, -0.2) is 29.7 Å². The molecule has 1 aliphatic heterocycles. The van der Waals surface area contributed by atoms with Crippen LogP contribution in [0, 0.1) is 11.3 Å². The molecule has 0 spiro atoms. The van der Waals surface area contributed by atoms with E-state index in [4.69, 9.17) is 4.74 Å². The number of benzene rings is 1. The zero-order valence-corrected chi connectivity index (χ0v) is 15.5. The van der Waals surface area contributed by atoms with Gasteiger partial charge in [-0.05, 0) is 44.7 Å². The van der Waals surface area contributed by atoms with Gasteiger partial charge in [-0.1, -0.05) is 40.2 Å². The summed E-state index contributed by atoms with van der Waals surface area (Å²) in [6, 6.07) is 10.6. The van der Waals surface area contributed by atoms with Gasteiger partial charge in [-0.25, -0.2) is 4.79 Å². The van der Waals surface area contributed by atoms with Crippen molar-refractivity contribution in [3.05, 3.63) is 35.4 Å². The molecular weight excluding hydrogens is 356 g/mol. The van der Waals surface area contributed by atoms with Crippen molar-refractivity contribution in [3.63, 3.8) is 0 Å². The lowest BCUT2D eigenvalue weighted by atomic mass is 9.72. The highest BCUT2D eigenvalue weighted by molar-refractivity contribution is 9.08. The van der Waals surface area contributed by atoms with E-state index in [9.17, 15) is 10.1 Å². The van der Waals surface area contributed by atoms with Crippen LogP contribution < -0.4 is 0 Å². The minimum absolute atomic E-state index is 0.294. The Morgan fingerprint density at radius 2 is 1.96 bits per heavy atom. The quantitative estimate of drug-likeness (QED) is 0.717. The summed E-state index contributed by atoms with van der Waals surface area (Å²) in [6.07, 6.45) is 0.970. The molecule has 1 saturated heterocycles. The number of likely N-dealkylation sites (tertiary alicyclic amines) is 1. The first-order chi connectivity index (χ1) is 10.8. The molecule has 5 heteroatoms. The third-order valence-corrected chi connectivity index (χ3v) is 4.76. The number of piperidine rings is 1. The van der Waals surface area contributed by atoms with Crippen LogP contribution in [0.3, 0.4) is 0 Å². The summed E-state index contributed by atoms with van der Waals surface area (Å²) >= 11 is 3.50. The van der Waals surface area contributed by atoms with Gasteiger partial charge in [-0.3, -0.25) is 0 Å². The van der Waals surface area contributed by atoms with E-state index in [0.29, 0.717) is 25.9 Å². The van der Waals surface area contributed by atoms with E-state index < -0.39 is 11.0 Å². The van der Waals surface area contributed by atoms with Crippen LogP contribution in [-0.2, 0) is 15.5 Å². The van der Waals surface area contributed by atoms with Crippen molar-refractivity contribution < 1.29 is 9.53 Å². The monoisotopic (exact) mass is 378 g/mol. The lowest BCUT2D eigenvalue weighted by Crippen LogP contribution is -2.46. The Bertz CT molecular complexity index is 608. The third kappa shape index (κ3) is 4.06. The largest absolute Gasteiger partial charge is 0.444 e. The Morgan fingerprint density at radius 1 is 1.35 bits per heavy atom. The molecule has 0 aromatic heterocycles. The average molecular weight is 379 g/mol. The van der Waals surface area contributed by atoms with Crippen LogP contribution in [0.5, 0.6) is 0 Å². The molecule has 1 fully saturated rings. The topological polar surface area (TPSA) is 53.3 Å². The molecule has 1 aliphatic rings. The van der Waals surface area contributed by atoms with Gasteiger partial charge in [0.15, 0.2) is 0 Å². The first kappa shape index (κ1) is 17.8. The van der Waals surface area contributed by atoms with Crippen molar-refractivity contribution in [1.82, 2.24) is 4.90 Å². The Labute approximate surface area is 146 Å². The second-order valence-electron chi connectivity index (χ2n) is 6.95. The van der Waals surface area contributed by atoms with Crippen molar-refractivity contribution in [2.24, 2.45) is 0 Å². The van der Waals surface area contributed by atoms with Gasteiger partial charge in [0.05, 0.1) is 11.5 Å². The fraction of sp³-hybridized carbons (Fsp3) is 0.556. The number of carbonyl (C=O) groups is 1. The first-order valence-electron chi connectivity index (χ1n) is 7.85. The van der Waals surface area contributed by atoms with Gasteiger partial charge in [-0.2, -0.15) is 5.26 Å². The van der Waals surface area contributed by atoms with E-state index in [1.54, 1.807) is 4.90 Å². The fourth-order valence-corrected chi connectivity index (χ4v) is 3.43. The summed E-state index contributed by atoms with van der Waals surface area (Å²) in [6.45, 7) is 6.67. The Balaban J connectivity index is 2.15. The van der Waals surface area contributed by atoms with Crippen molar-refractivity contribution in [1.29, 1.82) is 5.26 Å². The Hall–Kier alpha value is -1.54. The molecule has 0 bridgehead atoms. The molecule has 1 amide bonds. The zero-order valence-electron chi connectivity index (χ0n) is 13.9. The van der Waals surface area contributed by atoms with Crippen LogP contribution in [0.1, 0.15) is 44.7 Å². The highest BCUT2D eigenvalue weighted by Crippen LogP contribution is 2.37. The lowest BCUT2D eigenvalue weighted by Gasteiger charge is -2.38. The van der Waals surface area contributed by atoms with E-state index in [1.807, 2.05) is 45.0 Å². The van der Waals surface area contributed by atoms with Crippen LogP contribution in [0.25, 0.3) is 0 Å². The Kier molecular flexibility index (Phi) is 5.36. The number of hydrogen-bond acceptors (Lipinski definition) is 3. The number of rotatable bonds is 2. The molecule has 0 unspecified atom stereocenters. The number of ether oxygens (including phenoxy) is 1. The summed E-state index contributed by atoms with van der Waals surface area (Å²) in [5.41, 5.74) is 1.19. The molecule has 0 saturated carbocycles. The summed E-state index contributed by atoms with van der Waals surface area (Å²) in [5.74, 6) is 0. The number of hydrogen-bond donors (Lipinski definition) is 0. The van der Waals surface area contributed by atoms with Gasteiger partial charge in [0, 0.05) is 18.4 Å². The van der Waals surface area contributed by atoms with Crippen molar-refractivity contribution in [3.8, 4) is 6.07 Å². The number of nitriles is 1. The number of halogens is 1. The van der Waals surface area contributed by atoms with E-state index in [1.165, 1.54) is 0 Å². The van der Waals surface area contributed by atoms with E-state index in [0.717, 1.165) is 16.5 Å². The highest BCUT2D eigenvalue weighted by Gasteiger charge is 2.39. The predicted octanol–water partition coefficient (Wildman–Crippen LogP) is 4.37. The van der Waals surface area contributed by atoms with Crippen molar-refractivity contribution in [2.75, 3.05) is 13.1 Å². The average Bonchev–Trinajstić information content (AvgIpc) is 2.53. The fourth-order valence-electron chi connectivity index (χ4n) is 2.94. The molecule has 2 rings (SSSR count). The van der Waals surface area contributed by atoms with Gasteiger partial charge >= 0.3 is 6.09 Å².